The Kier molecular flexibility index (Phi) is 4.85. The van der Waals surface area contributed by atoms with Gasteiger partial charge in [-0.25, -0.2) is 15.0 Å². The fraction of sp³-hybridized carbons (Fsp3) is 0. The molecule has 0 aliphatic rings. The van der Waals surface area contributed by atoms with Crippen LogP contribution in [0.4, 0.5) is 11.5 Å². The quantitative estimate of drug-likeness (QED) is 0.270. The molecule has 6 aromatic rings. The smallest absolute Gasteiger partial charge is 0.162 e. The maximum atomic E-state index is 4.84. The molecular formula is C27H18BrN5. The SMILES string of the molecule is Brc1ccc2nc(-c3ccc(Nc4nc(-c5ccccc5)nc5ccccc45)cc3)[nH]c2c1. The maximum Gasteiger partial charge on any atom is 0.162 e. The summed E-state index contributed by atoms with van der Waals surface area (Å²) in [6, 6.07) is 32.3. The molecule has 0 amide bonds. The van der Waals surface area contributed by atoms with Crippen molar-refractivity contribution >= 4 is 49.4 Å². The molecule has 0 fully saturated rings. The summed E-state index contributed by atoms with van der Waals surface area (Å²) in [7, 11) is 0. The van der Waals surface area contributed by atoms with Gasteiger partial charge in [-0.2, -0.15) is 0 Å². The molecule has 2 N–H and O–H groups in total. The molecule has 4 aromatic carbocycles. The average molecular weight is 492 g/mol. The summed E-state index contributed by atoms with van der Waals surface area (Å²) in [6.07, 6.45) is 0. The number of aromatic nitrogens is 4. The molecule has 158 valence electrons. The second kappa shape index (κ2) is 8.15. The summed E-state index contributed by atoms with van der Waals surface area (Å²) in [6.45, 7) is 0. The summed E-state index contributed by atoms with van der Waals surface area (Å²) >= 11 is 3.51. The molecule has 0 saturated heterocycles. The number of hydrogen-bond acceptors (Lipinski definition) is 4. The van der Waals surface area contributed by atoms with Crippen LogP contribution in [0.15, 0.2) is 102 Å². The van der Waals surface area contributed by atoms with E-state index in [0.29, 0.717) is 5.82 Å². The first-order valence-electron chi connectivity index (χ1n) is 10.6. The van der Waals surface area contributed by atoms with Crippen LogP contribution < -0.4 is 5.32 Å². The second-order valence-electron chi connectivity index (χ2n) is 7.73. The van der Waals surface area contributed by atoms with E-state index in [4.69, 9.17) is 15.0 Å². The number of benzene rings is 4. The third-order valence-corrected chi connectivity index (χ3v) is 5.99. The van der Waals surface area contributed by atoms with Crippen LogP contribution in [-0.4, -0.2) is 19.9 Å². The first-order chi connectivity index (χ1) is 16.2. The van der Waals surface area contributed by atoms with E-state index in [2.05, 4.69) is 38.4 Å². The standard InChI is InChI=1S/C27H18BrN5/c28-19-12-15-23-24(16-19)32-25(31-23)18-10-13-20(14-11-18)29-27-21-8-4-5-9-22(21)30-26(33-27)17-6-2-1-3-7-17/h1-16H,(H,31,32)(H,29,30,33). The molecule has 33 heavy (non-hydrogen) atoms. The van der Waals surface area contributed by atoms with Crippen LogP contribution in [0.1, 0.15) is 0 Å². The molecule has 0 unspecified atom stereocenters. The van der Waals surface area contributed by atoms with Crippen molar-refractivity contribution in [1.29, 1.82) is 0 Å². The third kappa shape index (κ3) is 3.85. The van der Waals surface area contributed by atoms with E-state index in [1.54, 1.807) is 0 Å². The second-order valence-corrected chi connectivity index (χ2v) is 8.64. The number of anilines is 2. The van der Waals surface area contributed by atoms with Gasteiger partial charge >= 0.3 is 0 Å². The highest BCUT2D eigenvalue weighted by molar-refractivity contribution is 9.10. The van der Waals surface area contributed by atoms with E-state index in [0.717, 1.165) is 54.9 Å². The van der Waals surface area contributed by atoms with E-state index >= 15 is 0 Å². The van der Waals surface area contributed by atoms with Crippen molar-refractivity contribution in [3.05, 3.63) is 102 Å². The number of fused-ring (bicyclic) bond motifs is 2. The fourth-order valence-corrected chi connectivity index (χ4v) is 4.22. The summed E-state index contributed by atoms with van der Waals surface area (Å²) in [4.78, 5) is 17.7. The van der Waals surface area contributed by atoms with Gasteiger partial charge in [0, 0.05) is 26.7 Å². The van der Waals surface area contributed by atoms with Crippen LogP contribution in [0, 0.1) is 0 Å². The number of halogens is 1. The number of rotatable bonds is 4. The van der Waals surface area contributed by atoms with E-state index in [1.165, 1.54) is 0 Å². The number of nitrogens with one attached hydrogen (secondary N) is 2. The van der Waals surface area contributed by atoms with E-state index in [1.807, 2.05) is 84.9 Å². The van der Waals surface area contributed by atoms with Gasteiger partial charge in [0.05, 0.1) is 16.6 Å². The zero-order valence-corrected chi connectivity index (χ0v) is 19.0. The predicted octanol–water partition coefficient (Wildman–Crippen LogP) is 7.35. The summed E-state index contributed by atoms with van der Waals surface area (Å²) in [5, 5.41) is 4.46. The van der Waals surface area contributed by atoms with E-state index < -0.39 is 0 Å². The minimum absolute atomic E-state index is 0.696. The van der Waals surface area contributed by atoms with Gasteiger partial charge in [-0.1, -0.05) is 58.4 Å². The van der Waals surface area contributed by atoms with Gasteiger partial charge in [0.2, 0.25) is 0 Å². The molecule has 0 spiro atoms. The Labute approximate surface area is 198 Å². The van der Waals surface area contributed by atoms with Gasteiger partial charge in [0.15, 0.2) is 5.82 Å². The lowest BCUT2D eigenvalue weighted by Gasteiger charge is -2.11. The number of H-pyrrole nitrogens is 1. The molecule has 6 heteroatoms. The number of imidazole rings is 1. The molecule has 0 saturated carbocycles. The van der Waals surface area contributed by atoms with Crippen molar-refractivity contribution in [3.63, 3.8) is 0 Å². The highest BCUT2D eigenvalue weighted by atomic mass is 79.9. The van der Waals surface area contributed by atoms with Crippen molar-refractivity contribution in [1.82, 2.24) is 19.9 Å². The molecule has 2 aromatic heterocycles. The lowest BCUT2D eigenvalue weighted by atomic mass is 10.1. The Balaban J connectivity index is 1.35. The molecule has 6 rings (SSSR count). The van der Waals surface area contributed by atoms with E-state index in [-0.39, 0.29) is 0 Å². The number of para-hydroxylation sites is 1. The van der Waals surface area contributed by atoms with Gasteiger partial charge in [-0.05, 0) is 54.6 Å². The van der Waals surface area contributed by atoms with Gasteiger partial charge in [0.25, 0.3) is 0 Å². The Hall–Kier alpha value is -4.03. The molecular weight excluding hydrogens is 474 g/mol. The highest BCUT2D eigenvalue weighted by Crippen LogP contribution is 2.29. The van der Waals surface area contributed by atoms with Gasteiger partial charge in [0.1, 0.15) is 11.6 Å². The molecule has 0 aliphatic heterocycles. The predicted molar refractivity (Wildman–Crippen MR) is 137 cm³/mol. The monoisotopic (exact) mass is 491 g/mol. The molecule has 0 bridgehead atoms. The van der Waals surface area contributed by atoms with Crippen LogP contribution in [0.25, 0.3) is 44.7 Å². The van der Waals surface area contributed by atoms with Crippen molar-refractivity contribution < 1.29 is 0 Å². The zero-order valence-electron chi connectivity index (χ0n) is 17.5. The minimum atomic E-state index is 0.696. The Morgan fingerprint density at radius 2 is 1.45 bits per heavy atom. The Morgan fingerprint density at radius 3 is 2.30 bits per heavy atom. The lowest BCUT2D eigenvalue weighted by Crippen LogP contribution is -1.99. The van der Waals surface area contributed by atoms with Crippen LogP contribution in [-0.2, 0) is 0 Å². The highest BCUT2D eigenvalue weighted by Gasteiger charge is 2.10. The van der Waals surface area contributed by atoms with E-state index in [9.17, 15) is 0 Å². The topological polar surface area (TPSA) is 66.5 Å². The Morgan fingerprint density at radius 1 is 0.667 bits per heavy atom. The molecule has 5 nitrogen and oxygen atoms in total. The van der Waals surface area contributed by atoms with Crippen molar-refractivity contribution in [2.24, 2.45) is 0 Å². The Bertz CT molecular complexity index is 1590. The van der Waals surface area contributed by atoms with Gasteiger partial charge < -0.3 is 10.3 Å². The van der Waals surface area contributed by atoms with Crippen molar-refractivity contribution in [2.45, 2.75) is 0 Å². The van der Waals surface area contributed by atoms with Crippen LogP contribution in [0.2, 0.25) is 0 Å². The largest absolute Gasteiger partial charge is 0.340 e. The normalized spacial score (nSPS) is 11.2. The first-order valence-corrected chi connectivity index (χ1v) is 11.4. The fourth-order valence-electron chi connectivity index (χ4n) is 3.85. The number of nitrogens with zero attached hydrogens (tertiary/aromatic N) is 3. The minimum Gasteiger partial charge on any atom is -0.340 e. The van der Waals surface area contributed by atoms with Gasteiger partial charge in [-0.3, -0.25) is 0 Å². The number of hydrogen-bond donors (Lipinski definition) is 2. The molecule has 0 aliphatic carbocycles. The van der Waals surface area contributed by atoms with Gasteiger partial charge in [-0.15, -0.1) is 0 Å². The van der Waals surface area contributed by atoms with Crippen molar-refractivity contribution in [2.75, 3.05) is 5.32 Å². The van der Waals surface area contributed by atoms with Crippen LogP contribution in [0.3, 0.4) is 0 Å². The molecule has 2 heterocycles. The van der Waals surface area contributed by atoms with Crippen LogP contribution in [0.5, 0.6) is 0 Å². The summed E-state index contributed by atoms with van der Waals surface area (Å²) in [5.41, 5.74) is 5.79. The zero-order chi connectivity index (χ0) is 22.2. The third-order valence-electron chi connectivity index (χ3n) is 5.50. The van der Waals surface area contributed by atoms with Crippen LogP contribution >= 0.6 is 15.9 Å². The lowest BCUT2D eigenvalue weighted by molar-refractivity contribution is 1.22. The number of aromatic amines is 1. The average Bonchev–Trinajstić information content (AvgIpc) is 3.28. The first kappa shape index (κ1) is 19.6. The maximum absolute atomic E-state index is 4.84. The summed E-state index contributed by atoms with van der Waals surface area (Å²) in [5.74, 6) is 2.32. The molecule has 0 radical (unpaired) electrons. The summed E-state index contributed by atoms with van der Waals surface area (Å²) < 4.78 is 1.02. The van der Waals surface area contributed by atoms with Crippen molar-refractivity contribution in [3.8, 4) is 22.8 Å². The molecule has 0 atom stereocenters.